The number of ether oxygens (including phenoxy) is 2. The van der Waals surface area contributed by atoms with Gasteiger partial charge >= 0.3 is 6.36 Å². The number of alkyl halides is 3. The number of hydrogen-bond donors (Lipinski definition) is 0. The molecule has 0 bridgehead atoms. The van der Waals surface area contributed by atoms with E-state index in [9.17, 15) is 18.0 Å². The average molecular weight is 466 g/mol. The average Bonchev–Trinajstić information content (AvgIpc) is 3.11. The van der Waals surface area contributed by atoms with Crippen molar-refractivity contribution >= 4 is 35.0 Å². The summed E-state index contributed by atoms with van der Waals surface area (Å²) < 4.78 is 47.4. The summed E-state index contributed by atoms with van der Waals surface area (Å²) in [6.07, 6.45) is -4.78. The fraction of sp³-hybridized carbons (Fsp3) is 0.136. The third kappa shape index (κ3) is 5.26. The molecule has 0 aromatic heterocycles. The van der Waals surface area contributed by atoms with Gasteiger partial charge < -0.3 is 9.47 Å². The van der Waals surface area contributed by atoms with Crippen LogP contribution in [0.2, 0.25) is 5.02 Å². The third-order valence-electron chi connectivity index (χ3n) is 4.41. The number of halogens is 4. The van der Waals surface area contributed by atoms with Crippen LogP contribution in [0.5, 0.6) is 17.2 Å². The minimum absolute atomic E-state index is 0.136. The standard InChI is InChI=1S/C22H15ClF3NO3S/c23-15-4-8-17(9-5-15)29-18-10-6-16(7-11-18)27-20(28)13-31-21(27)14-2-1-3-19(12-14)30-22(24,25)26/h1-12,21H,13H2. The van der Waals surface area contributed by atoms with E-state index in [1.165, 1.54) is 30.0 Å². The number of benzene rings is 3. The maximum Gasteiger partial charge on any atom is 0.573 e. The molecule has 1 amide bonds. The number of thioether (sulfide) groups is 1. The highest BCUT2D eigenvalue weighted by molar-refractivity contribution is 8.00. The number of hydrogen-bond acceptors (Lipinski definition) is 4. The molecule has 1 unspecified atom stereocenters. The molecule has 1 aliphatic rings. The summed E-state index contributed by atoms with van der Waals surface area (Å²) in [6.45, 7) is 0. The molecule has 3 aromatic rings. The molecule has 31 heavy (non-hydrogen) atoms. The van der Waals surface area contributed by atoms with Crippen LogP contribution in [0.25, 0.3) is 0 Å². The van der Waals surface area contributed by atoms with Gasteiger partial charge in [0.15, 0.2) is 0 Å². The Kier molecular flexibility index (Phi) is 6.02. The number of nitrogens with zero attached hydrogens (tertiary/aromatic N) is 1. The van der Waals surface area contributed by atoms with Crippen LogP contribution in [0.15, 0.2) is 72.8 Å². The molecule has 4 rings (SSSR count). The van der Waals surface area contributed by atoms with Crippen LogP contribution in [0.1, 0.15) is 10.9 Å². The van der Waals surface area contributed by atoms with Crippen LogP contribution in [-0.2, 0) is 4.79 Å². The number of anilines is 1. The van der Waals surface area contributed by atoms with Crippen LogP contribution in [0, 0.1) is 0 Å². The molecule has 9 heteroatoms. The van der Waals surface area contributed by atoms with E-state index in [0.29, 0.717) is 27.8 Å². The van der Waals surface area contributed by atoms with Crippen molar-refractivity contribution in [3.8, 4) is 17.2 Å². The van der Waals surface area contributed by atoms with E-state index in [-0.39, 0.29) is 17.4 Å². The van der Waals surface area contributed by atoms with Crippen molar-refractivity contribution in [2.75, 3.05) is 10.7 Å². The molecule has 3 aromatic carbocycles. The highest BCUT2D eigenvalue weighted by atomic mass is 35.5. The van der Waals surface area contributed by atoms with Gasteiger partial charge in [0.25, 0.3) is 0 Å². The Hall–Kier alpha value is -2.84. The highest BCUT2D eigenvalue weighted by Gasteiger charge is 2.35. The zero-order valence-electron chi connectivity index (χ0n) is 15.8. The number of amides is 1. The Bertz CT molecular complexity index is 1070. The predicted octanol–water partition coefficient (Wildman–Crippen LogP) is 6.81. The molecule has 0 radical (unpaired) electrons. The molecule has 0 saturated carbocycles. The minimum atomic E-state index is -4.78. The van der Waals surface area contributed by atoms with Gasteiger partial charge in [-0.15, -0.1) is 24.9 Å². The van der Waals surface area contributed by atoms with Gasteiger partial charge in [0.1, 0.15) is 22.6 Å². The molecule has 1 fully saturated rings. The first kappa shape index (κ1) is 21.4. The molecule has 4 nitrogen and oxygen atoms in total. The second kappa shape index (κ2) is 8.72. The third-order valence-corrected chi connectivity index (χ3v) is 5.87. The quantitative estimate of drug-likeness (QED) is 0.415. The number of carbonyl (C=O) groups excluding carboxylic acids is 1. The summed E-state index contributed by atoms with van der Waals surface area (Å²) in [4.78, 5) is 14.1. The normalized spacial score (nSPS) is 16.5. The zero-order chi connectivity index (χ0) is 22.0. The van der Waals surface area contributed by atoms with Crippen molar-refractivity contribution in [2.24, 2.45) is 0 Å². The lowest BCUT2D eigenvalue weighted by atomic mass is 10.1. The smallest absolute Gasteiger partial charge is 0.457 e. The SMILES string of the molecule is O=C1CSC(c2cccc(OC(F)(F)F)c2)N1c1ccc(Oc2ccc(Cl)cc2)cc1. The summed E-state index contributed by atoms with van der Waals surface area (Å²) in [5, 5.41) is 0.135. The number of rotatable bonds is 5. The van der Waals surface area contributed by atoms with Crippen LogP contribution in [0.3, 0.4) is 0 Å². The fourth-order valence-corrected chi connectivity index (χ4v) is 4.42. The lowest BCUT2D eigenvalue weighted by Crippen LogP contribution is -2.27. The van der Waals surface area contributed by atoms with Crippen LogP contribution < -0.4 is 14.4 Å². The van der Waals surface area contributed by atoms with Crippen molar-refractivity contribution in [3.05, 3.63) is 83.4 Å². The Balaban J connectivity index is 1.54. The van der Waals surface area contributed by atoms with E-state index >= 15 is 0 Å². The molecule has 1 heterocycles. The van der Waals surface area contributed by atoms with Crippen molar-refractivity contribution in [1.82, 2.24) is 0 Å². The molecule has 1 saturated heterocycles. The molecule has 0 spiro atoms. The van der Waals surface area contributed by atoms with E-state index in [2.05, 4.69) is 4.74 Å². The van der Waals surface area contributed by atoms with E-state index in [0.717, 1.165) is 0 Å². The van der Waals surface area contributed by atoms with Gasteiger partial charge in [0.2, 0.25) is 5.91 Å². The summed E-state index contributed by atoms with van der Waals surface area (Å²) in [6, 6.07) is 19.5. The highest BCUT2D eigenvalue weighted by Crippen LogP contribution is 2.43. The Labute approximate surface area is 185 Å². The van der Waals surface area contributed by atoms with Gasteiger partial charge in [-0.3, -0.25) is 9.69 Å². The van der Waals surface area contributed by atoms with Gasteiger partial charge in [0.05, 0.1) is 5.75 Å². The van der Waals surface area contributed by atoms with Gasteiger partial charge in [0, 0.05) is 10.7 Å². The van der Waals surface area contributed by atoms with E-state index in [1.54, 1.807) is 59.5 Å². The molecular formula is C22H15ClF3NO3S. The second-order valence-electron chi connectivity index (χ2n) is 6.60. The fourth-order valence-electron chi connectivity index (χ4n) is 3.13. The van der Waals surface area contributed by atoms with Crippen molar-refractivity contribution in [2.45, 2.75) is 11.7 Å². The second-order valence-corrected chi connectivity index (χ2v) is 8.10. The Morgan fingerprint density at radius 3 is 2.23 bits per heavy atom. The summed E-state index contributed by atoms with van der Waals surface area (Å²) in [5.74, 6) is 0.949. The monoisotopic (exact) mass is 465 g/mol. The van der Waals surface area contributed by atoms with Crippen LogP contribution in [-0.4, -0.2) is 18.0 Å². The van der Waals surface area contributed by atoms with Gasteiger partial charge in [-0.05, 0) is 66.2 Å². The van der Waals surface area contributed by atoms with Crippen molar-refractivity contribution < 1.29 is 27.4 Å². The molecule has 1 atom stereocenters. The maximum absolute atomic E-state index is 12.6. The maximum atomic E-state index is 12.6. The van der Waals surface area contributed by atoms with Crippen molar-refractivity contribution in [3.63, 3.8) is 0 Å². The molecular weight excluding hydrogens is 451 g/mol. The molecule has 160 valence electrons. The lowest BCUT2D eigenvalue weighted by molar-refractivity contribution is -0.274. The molecule has 0 N–H and O–H groups in total. The molecule has 1 aliphatic heterocycles. The number of carbonyl (C=O) groups is 1. The topological polar surface area (TPSA) is 38.8 Å². The van der Waals surface area contributed by atoms with E-state index in [1.807, 2.05) is 0 Å². The first-order chi connectivity index (χ1) is 14.8. The summed E-state index contributed by atoms with van der Waals surface area (Å²) >= 11 is 7.21. The van der Waals surface area contributed by atoms with Crippen LogP contribution in [0.4, 0.5) is 18.9 Å². The first-order valence-electron chi connectivity index (χ1n) is 9.11. The van der Waals surface area contributed by atoms with Crippen molar-refractivity contribution in [1.29, 1.82) is 0 Å². The summed E-state index contributed by atoms with van der Waals surface area (Å²) in [7, 11) is 0. The van der Waals surface area contributed by atoms with E-state index in [4.69, 9.17) is 16.3 Å². The van der Waals surface area contributed by atoms with Gasteiger partial charge in [-0.2, -0.15) is 0 Å². The summed E-state index contributed by atoms with van der Waals surface area (Å²) in [5.41, 5.74) is 1.16. The van der Waals surface area contributed by atoms with E-state index < -0.39 is 11.7 Å². The zero-order valence-corrected chi connectivity index (χ0v) is 17.4. The van der Waals surface area contributed by atoms with Gasteiger partial charge in [-0.25, -0.2) is 0 Å². The Morgan fingerprint density at radius 1 is 0.935 bits per heavy atom. The minimum Gasteiger partial charge on any atom is -0.457 e. The van der Waals surface area contributed by atoms with Gasteiger partial charge in [-0.1, -0.05) is 23.7 Å². The lowest BCUT2D eigenvalue weighted by Gasteiger charge is -2.25. The van der Waals surface area contributed by atoms with Crippen LogP contribution >= 0.6 is 23.4 Å². The largest absolute Gasteiger partial charge is 0.573 e. The first-order valence-corrected chi connectivity index (χ1v) is 10.5. The predicted molar refractivity (Wildman–Crippen MR) is 114 cm³/mol. The molecule has 0 aliphatic carbocycles. The Morgan fingerprint density at radius 2 is 1.58 bits per heavy atom.